The molecule has 73 heavy (non-hydrogen) atoms. The number of allylic oxidation sites excluding steroid dienone is 4. The average molecular weight is 1030 g/mol. The fourth-order valence-corrected chi connectivity index (χ4v) is 9.97. The Kier molecular flexibility index (Phi) is 60.6. The first kappa shape index (κ1) is 70.9. The molecule has 0 fully saturated rings. The second kappa shape index (κ2) is 62.4. The van der Waals surface area contributed by atoms with Gasteiger partial charge in [-0.05, 0) is 70.6 Å². The molecule has 6 heteroatoms. The van der Waals surface area contributed by atoms with Gasteiger partial charge in [0, 0.05) is 19.3 Å². The Labute approximate surface area is 455 Å². The molecule has 1 unspecified atom stereocenters. The number of rotatable bonds is 61. The maximum Gasteiger partial charge on any atom is 0.306 e. The van der Waals surface area contributed by atoms with Crippen LogP contribution in [0.4, 0.5) is 0 Å². The van der Waals surface area contributed by atoms with Crippen molar-refractivity contribution in [3.05, 3.63) is 24.3 Å². The van der Waals surface area contributed by atoms with Gasteiger partial charge in [0.25, 0.3) is 0 Å². The molecule has 0 rings (SSSR count). The first-order valence-corrected chi connectivity index (χ1v) is 32.8. The Morgan fingerprint density at radius 2 is 0.452 bits per heavy atom. The largest absolute Gasteiger partial charge is 0.462 e. The quantitative estimate of drug-likeness (QED) is 0.0261. The molecule has 0 amide bonds. The molecule has 0 N–H and O–H groups in total. The van der Waals surface area contributed by atoms with Gasteiger partial charge in [0.15, 0.2) is 6.10 Å². The van der Waals surface area contributed by atoms with E-state index in [0.717, 1.165) is 70.6 Å². The highest BCUT2D eigenvalue weighted by molar-refractivity contribution is 5.71. The number of hydrogen-bond acceptors (Lipinski definition) is 6. The molecular formula is C67H126O6. The minimum absolute atomic E-state index is 0.0725. The zero-order valence-corrected chi connectivity index (χ0v) is 49.4. The molecule has 430 valence electrons. The summed E-state index contributed by atoms with van der Waals surface area (Å²) in [5.74, 6) is -0.866. The monoisotopic (exact) mass is 1030 g/mol. The Balaban J connectivity index is 4.17. The minimum Gasteiger partial charge on any atom is -0.462 e. The maximum absolute atomic E-state index is 12.9. The van der Waals surface area contributed by atoms with Crippen molar-refractivity contribution in [3.63, 3.8) is 0 Å². The number of hydrogen-bond donors (Lipinski definition) is 0. The lowest BCUT2D eigenvalue weighted by atomic mass is 10.0. The summed E-state index contributed by atoms with van der Waals surface area (Å²) in [6.07, 6.45) is 74.9. The first-order chi connectivity index (χ1) is 36.0. The Morgan fingerprint density at radius 1 is 0.260 bits per heavy atom. The van der Waals surface area contributed by atoms with Gasteiger partial charge in [-0.3, -0.25) is 14.4 Å². The highest BCUT2D eigenvalue weighted by Crippen LogP contribution is 2.18. The van der Waals surface area contributed by atoms with Gasteiger partial charge in [-0.2, -0.15) is 0 Å². The van der Waals surface area contributed by atoms with E-state index in [9.17, 15) is 14.4 Å². The number of carbonyl (C=O) groups is 3. The molecule has 0 radical (unpaired) electrons. The summed E-state index contributed by atoms with van der Waals surface area (Å²) in [5.41, 5.74) is 0. The number of ether oxygens (including phenoxy) is 3. The van der Waals surface area contributed by atoms with Gasteiger partial charge < -0.3 is 14.2 Å². The molecular weight excluding hydrogens is 901 g/mol. The lowest BCUT2D eigenvalue weighted by Crippen LogP contribution is -2.30. The first-order valence-electron chi connectivity index (χ1n) is 32.8. The molecule has 0 aliphatic heterocycles. The van der Waals surface area contributed by atoms with E-state index in [-0.39, 0.29) is 31.1 Å². The van der Waals surface area contributed by atoms with E-state index < -0.39 is 6.10 Å². The van der Waals surface area contributed by atoms with E-state index >= 15 is 0 Å². The predicted octanol–water partition coefficient (Wildman–Crippen LogP) is 22.2. The van der Waals surface area contributed by atoms with E-state index in [1.165, 1.54) is 257 Å². The Morgan fingerprint density at radius 3 is 0.699 bits per heavy atom. The van der Waals surface area contributed by atoms with Gasteiger partial charge in [0.2, 0.25) is 0 Å². The van der Waals surface area contributed by atoms with Crippen molar-refractivity contribution in [2.24, 2.45) is 0 Å². The van der Waals surface area contributed by atoms with Crippen LogP contribution in [0.3, 0.4) is 0 Å². The SMILES string of the molecule is CCCCCC/C=C\CCCCCCCC(=O)OCC(COC(=O)CCCCCCCCCCCCCCCCCCCCCCCCCCCCC)OC(=O)CCCCCCC/C=C\CCCCCCCC. The van der Waals surface area contributed by atoms with Crippen molar-refractivity contribution < 1.29 is 28.6 Å². The van der Waals surface area contributed by atoms with Crippen LogP contribution in [-0.4, -0.2) is 37.2 Å². The molecule has 6 nitrogen and oxygen atoms in total. The Hall–Kier alpha value is -2.11. The second-order valence-corrected chi connectivity index (χ2v) is 22.4. The fourth-order valence-electron chi connectivity index (χ4n) is 9.97. The third kappa shape index (κ3) is 60.6. The van der Waals surface area contributed by atoms with Crippen molar-refractivity contribution in [1.29, 1.82) is 0 Å². The molecule has 0 aliphatic rings. The van der Waals surface area contributed by atoms with Crippen LogP contribution in [0.15, 0.2) is 24.3 Å². The molecule has 0 bridgehead atoms. The maximum atomic E-state index is 12.9. The van der Waals surface area contributed by atoms with Crippen molar-refractivity contribution in [2.75, 3.05) is 13.2 Å². The van der Waals surface area contributed by atoms with Gasteiger partial charge in [-0.25, -0.2) is 0 Å². The van der Waals surface area contributed by atoms with Crippen LogP contribution in [0.2, 0.25) is 0 Å². The van der Waals surface area contributed by atoms with E-state index in [0.29, 0.717) is 19.3 Å². The molecule has 0 heterocycles. The highest BCUT2D eigenvalue weighted by Gasteiger charge is 2.19. The highest BCUT2D eigenvalue weighted by atomic mass is 16.6. The third-order valence-electron chi connectivity index (χ3n) is 14.9. The predicted molar refractivity (Wildman–Crippen MR) is 316 cm³/mol. The molecule has 0 saturated heterocycles. The molecule has 0 saturated carbocycles. The van der Waals surface area contributed by atoms with Crippen LogP contribution in [0.5, 0.6) is 0 Å². The normalized spacial score (nSPS) is 12.1. The van der Waals surface area contributed by atoms with Gasteiger partial charge in [0.1, 0.15) is 13.2 Å². The molecule has 1 atom stereocenters. The van der Waals surface area contributed by atoms with Gasteiger partial charge in [-0.15, -0.1) is 0 Å². The van der Waals surface area contributed by atoms with Gasteiger partial charge in [-0.1, -0.05) is 302 Å². The molecule has 0 aromatic heterocycles. The second-order valence-electron chi connectivity index (χ2n) is 22.4. The molecule has 0 aromatic rings. The van der Waals surface area contributed by atoms with Crippen molar-refractivity contribution in [1.82, 2.24) is 0 Å². The smallest absolute Gasteiger partial charge is 0.306 e. The summed E-state index contributed by atoms with van der Waals surface area (Å²) in [5, 5.41) is 0. The average Bonchev–Trinajstić information content (AvgIpc) is 3.39. The number of esters is 3. The summed E-state index contributed by atoms with van der Waals surface area (Å²) >= 11 is 0. The third-order valence-corrected chi connectivity index (χ3v) is 14.9. The lowest BCUT2D eigenvalue weighted by Gasteiger charge is -2.18. The zero-order valence-electron chi connectivity index (χ0n) is 49.4. The number of unbranched alkanes of at least 4 members (excludes halogenated alkanes) is 46. The van der Waals surface area contributed by atoms with Crippen molar-refractivity contribution >= 4 is 17.9 Å². The van der Waals surface area contributed by atoms with Crippen LogP contribution >= 0.6 is 0 Å². The standard InChI is InChI=1S/C67H126O6/c1-4-7-10-13-16-19-22-25-27-28-29-30-31-32-33-34-35-36-37-38-40-42-45-48-51-54-57-60-66(69)72-63-64(62-71-65(68)59-56-53-50-47-44-41-24-21-18-15-12-9-6-3)73-67(70)61-58-55-52-49-46-43-39-26-23-20-17-14-11-8-5-2/h21,24,26,39,64H,4-20,22-23,25,27-38,40-63H2,1-3H3/b24-21-,39-26-. The van der Waals surface area contributed by atoms with Gasteiger partial charge >= 0.3 is 17.9 Å². The van der Waals surface area contributed by atoms with Crippen LogP contribution < -0.4 is 0 Å². The summed E-state index contributed by atoms with van der Waals surface area (Å²) in [6.45, 7) is 6.67. The van der Waals surface area contributed by atoms with Crippen LogP contribution in [0, 0.1) is 0 Å². The van der Waals surface area contributed by atoms with Gasteiger partial charge in [0.05, 0.1) is 0 Å². The minimum atomic E-state index is -0.776. The summed E-state index contributed by atoms with van der Waals surface area (Å²) in [6, 6.07) is 0. The zero-order chi connectivity index (χ0) is 52.9. The van der Waals surface area contributed by atoms with Crippen LogP contribution in [-0.2, 0) is 28.6 Å². The van der Waals surface area contributed by atoms with Crippen molar-refractivity contribution in [2.45, 2.75) is 374 Å². The summed E-state index contributed by atoms with van der Waals surface area (Å²) in [4.78, 5) is 38.2. The Bertz CT molecular complexity index is 1180. The number of carbonyl (C=O) groups excluding carboxylic acids is 3. The molecule has 0 aliphatic carbocycles. The summed E-state index contributed by atoms with van der Waals surface area (Å²) < 4.78 is 16.9. The van der Waals surface area contributed by atoms with E-state index in [1.807, 2.05) is 0 Å². The summed E-state index contributed by atoms with van der Waals surface area (Å²) in [7, 11) is 0. The topological polar surface area (TPSA) is 78.9 Å². The molecule has 0 aromatic carbocycles. The van der Waals surface area contributed by atoms with E-state index in [1.54, 1.807) is 0 Å². The van der Waals surface area contributed by atoms with E-state index in [2.05, 4.69) is 45.1 Å². The van der Waals surface area contributed by atoms with Crippen molar-refractivity contribution in [3.8, 4) is 0 Å². The fraction of sp³-hybridized carbons (Fsp3) is 0.896. The molecule has 0 spiro atoms. The van der Waals surface area contributed by atoms with Crippen LogP contribution in [0.25, 0.3) is 0 Å². The van der Waals surface area contributed by atoms with E-state index in [4.69, 9.17) is 14.2 Å². The van der Waals surface area contributed by atoms with Crippen LogP contribution in [0.1, 0.15) is 367 Å². The lowest BCUT2D eigenvalue weighted by molar-refractivity contribution is -0.167.